The zero-order valence-corrected chi connectivity index (χ0v) is 8.66. The van der Waals surface area contributed by atoms with Crippen LogP contribution in [-0.4, -0.2) is 6.54 Å². The summed E-state index contributed by atoms with van der Waals surface area (Å²) in [5.41, 5.74) is 3.99. The van der Waals surface area contributed by atoms with Gasteiger partial charge in [0.1, 0.15) is 0 Å². The topological polar surface area (TPSA) is 24.7 Å². The minimum absolute atomic E-state index is 0.761. The zero-order chi connectivity index (χ0) is 9.80. The summed E-state index contributed by atoms with van der Waals surface area (Å²) in [5.74, 6) is 0. The Morgan fingerprint density at radius 3 is 2.71 bits per heavy atom. The van der Waals surface area contributed by atoms with Gasteiger partial charge in [0.15, 0.2) is 0 Å². The average Bonchev–Trinajstić information content (AvgIpc) is 2.26. The molecule has 0 aromatic heterocycles. The van der Waals surface area contributed by atoms with Gasteiger partial charge >= 0.3 is 0 Å². The maximum atomic E-state index is 4.16. The SMILES string of the molecule is CCN=Nc1ccc2c(c1)CCCC2. The summed E-state index contributed by atoms with van der Waals surface area (Å²) in [5, 5.41) is 8.17. The fourth-order valence-corrected chi connectivity index (χ4v) is 1.93. The third kappa shape index (κ3) is 2.00. The molecule has 0 heterocycles. The van der Waals surface area contributed by atoms with Crippen LogP contribution in [0.3, 0.4) is 0 Å². The molecule has 14 heavy (non-hydrogen) atoms. The highest BCUT2D eigenvalue weighted by Crippen LogP contribution is 2.25. The molecule has 0 N–H and O–H groups in total. The Morgan fingerprint density at radius 2 is 1.93 bits per heavy atom. The third-order valence-electron chi connectivity index (χ3n) is 2.66. The minimum atomic E-state index is 0.761. The first kappa shape index (κ1) is 9.38. The Hall–Kier alpha value is -1.18. The molecule has 0 spiro atoms. The smallest absolute Gasteiger partial charge is 0.0855 e. The van der Waals surface area contributed by atoms with Crippen LogP contribution in [-0.2, 0) is 12.8 Å². The molecule has 1 aromatic carbocycles. The molecule has 1 aliphatic carbocycles. The van der Waals surface area contributed by atoms with Crippen molar-refractivity contribution in [3.8, 4) is 0 Å². The fourth-order valence-electron chi connectivity index (χ4n) is 1.93. The molecule has 0 atom stereocenters. The molecule has 1 aromatic rings. The molecule has 2 rings (SSSR count). The molecule has 0 saturated heterocycles. The average molecular weight is 188 g/mol. The predicted molar refractivity (Wildman–Crippen MR) is 58.1 cm³/mol. The van der Waals surface area contributed by atoms with Gasteiger partial charge in [-0.15, -0.1) is 0 Å². The van der Waals surface area contributed by atoms with Crippen molar-refractivity contribution in [3.63, 3.8) is 0 Å². The van der Waals surface area contributed by atoms with Crippen molar-refractivity contribution in [2.75, 3.05) is 6.54 Å². The van der Waals surface area contributed by atoms with Gasteiger partial charge in [0.25, 0.3) is 0 Å². The highest BCUT2D eigenvalue weighted by Gasteiger charge is 2.08. The summed E-state index contributed by atoms with van der Waals surface area (Å²) < 4.78 is 0. The molecule has 0 amide bonds. The second-order valence-corrected chi connectivity index (χ2v) is 3.72. The maximum Gasteiger partial charge on any atom is 0.0855 e. The molecule has 1 aliphatic rings. The second kappa shape index (κ2) is 4.36. The van der Waals surface area contributed by atoms with E-state index in [0.29, 0.717) is 0 Å². The Kier molecular flexibility index (Phi) is 2.92. The first-order valence-electron chi connectivity index (χ1n) is 5.39. The Balaban J connectivity index is 2.24. The van der Waals surface area contributed by atoms with Gasteiger partial charge in [0, 0.05) is 0 Å². The van der Waals surface area contributed by atoms with Crippen molar-refractivity contribution in [2.45, 2.75) is 32.6 Å². The number of hydrogen-bond acceptors (Lipinski definition) is 2. The van der Waals surface area contributed by atoms with E-state index in [-0.39, 0.29) is 0 Å². The molecule has 0 unspecified atom stereocenters. The minimum Gasteiger partial charge on any atom is -0.189 e. The summed E-state index contributed by atoms with van der Waals surface area (Å²) >= 11 is 0. The zero-order valence-electron chi connectivity index (χ0n) is 8.66. The molecule has 0 bridgehead atoms. The van der Waals surface area contributed by atoms with Crippen LogP contribution in [0.5, 0.6) is 0 Å². The quantitative estimate of drug-likeness (QED) is 0.633. The highest BCUT2D eigenvalue weighted by atomic mass is 15.1. The van der Waals surface area contributed by atoms with Crippen molar-refractivity contribution in [1.29, 1.82) is 0 Å². The molecule has 0 fully saturated rings. The van der Waals surface area contributed by atoms with E-state index in [4.69, 9.17) is 0 Å². The molecular formula is C12H16N2. The van der Waals surface area contributed by atoms with Crippen LogP contribution in [0.4, 0.5) is 5.69 Å². The lowest BCUT2D eigenvalue weighted by Crippen LogP contribution is -2.01. The lowest BCUT2D eigenvalue weighted by molar-refractivity contribution is 0.685. The van der Waals surface area contributed by atoms with E-state index in [9.17, 15) is 0 Å². The molecule has 2 heteroatoms. The summed E-state index contributed by atoms with van der Waals surface area (Å²) in [6.07, 6.45) is 5.11. The van der Waals surface area contributed by atoms with Crippen molar-refractivity contribution < 1.29 is 0 Å². The Bertz CT molecular complexity index is 342. The predicted octanol–water partition coefficient (Wildman–Crippen LogP) is 3.67. The van der Waals surface area contributed by atoms with E-state index in [2.05, 4.69) is 28.4 Å². The van der Waals surface area contributed by atoms with Crippen LogP contribution in [0.2, 0.25) is 0 Å². The van der Waals surface area contributed by atoms with E-state index < -0.39 is 0 Å². The first-order valence-corrected chi connectivity index (χ1v) is 5.39. The van der Waals surface area contributed by atoms with Gasteiger partial charge in [0.05, 0.1) is 12.2 Å². The number of fused-ring (bicyclic) bond motifs is 1. The number of hydrogen-bond donors (Lipinski definition) is 0. The van der Waals surface area contributed by atoms with Gasteiger partial charge in [0.2, 0.25) is 0 Å². The van der Waals surface area contributed by atoms with Crippen LogP contribution >= 0.6 is 0 Å². The molecule has 0 radical (unpaired) electrons. The van der Waals surface area contributed by atoms with Crippen LogP contribution in [0.25, 0.3) is 0 Å². The molecular weight excluding hydrogens is 172 g/mol. The molecule has 74 valence electrons. The largest absolute Gasteiger partial charge is 0.189 e. The molecule has 2 nitrogen and oxygen atoms in total. The Morgan fingerprint density at radius 1 is 1.14 bits per heavy atom. The highest BCUT2D eigenvalue weighted by molar-refractivity contribution is 5.44. The normalized spacial score (nSPS) is 15.8. The van der Waals surface area contributed by atoms with E-state index in [1.807, 2.05) is 6.92 Å². The van der Waals surface area contributed by atoms with E-state index >= 15 is 0 Å². The van der Waals surface area contributed by atoms with Gasteiger partial charge in [-0.1, -0.05) is 6.07 Å². The summed E-state index contributed by atoms with van der Waals surface area (Å²) in [7, 11) is 0. The number of rotatable bonds is 2. The van der Waals surface area contributed by atoms with Crippen molar-refractivity contribution in [1.82, 2.24) is 0 Å². The van der Waals surface area contributed by atoms with Gasteiger partial charge in [-0.3, -0.25) is 0 Å². The van der Waals surface area contributed by atoms with Crippen molar-refractivity contribution >= 4 is 5.69 Å². The summed E-state index contributed by atoms with van der Waals surface area (Å²) in [6, 6.07) is 6.47. The summed E-state index contributed by atoms with van der Waals surface area (Å²) in [4.78, 5) is 0. The van der Waals surface area contributed by atoms with Crippen molar-refractivity contribution in [2.24, 2.45) is 10.2 Å². The van der Waals surface area contributed by atoms with Crippen LogP contribution in [0, 0.1) is 0 Å². The van der Waals surface area contributed by atoms with Gasteiger partial charge in [-0.2, -0.15) is 10.2 Å². The first-order chi connectivity index (χ1) is 6.90. The second-order valence-electron chi connectivity index (χ2n) is 3.72. The standard InChI is InChI=1S/C12H16N2/c1-2-13-14-12-8-7-10-5-3-4-6-11(10)9-12/h7-9H,2-6H2,1H3. The number of aryl methyl sites for hydroxylation is 2. The van der Waals surface area contributed by atoms with Crippen LogP contribution < -0.4 is 0 Å². The lowest BCUT2D eigenvalue weighted by atomic mass is 9.91. The lowest BCUT2D eigenvalue weighted by Gasteiger charge is -2.15. The van der Waals surface area contributed by atoms with Gasteiger partial charge < -0.3 is 0 Å². The number of azo groups is 1. The Labute approximate surface area is 85.1 Å². The van der Waals surface area contributed by atoms with E-state index in [1.165, 1.54) is 36.8 Å². The monoisotopic (exact) mass is 188 g/mol. The molecule has 0 saturated carbocycles. The number of benzene rings is 1. The number of nitrogens with zero attached hydrogens (tertiary/aromatic N) is 2. The van der Waals surface area contributed by atoms with Crippen LogP contribution in [0.1, 0.15) is 30.9 Å². The van der Waals surface area contributed by atoms with E-state index in [1.54, 1.807) is 0 Å². The van der Waals surface area contributed by atoms with Gasteiger partial charge in [-0.25, -0.2) is 0 Å². The maximum absolute atomic E-state index is 4.16. The van der Waals surface area contributed by atoms with Gasteiger partial charge in [-0.05, 0) is 55.9 Å². The fraction of sp³-hybridized carbons (Fsp3) is 0.500. The molecule has 0 aliphatic heterocycles. The third-order valence-corrected chi connectivity index (χ3v) is 2.66. The van der Waals surface area contributed by atoms with Crippen molar-refractivity contribution in [3.05, 3.63) is 29.3 Å². The van der Waals surface area contributed by atoms with Crippen LogP contribution in [0.15, 0.2) is 28.4 Å². The summed E-state index contributed by atoms with van der Waals surface area (Å²) in [6.45, 7) is 2.76. The van der Waals surface area contributed by atoms with E-state index in [0.717, 1.165) is 12.2 Å².